The predicted octanol–water partition coefficient (Wildman–Crippen LogP) is 11.1. The zero-order valence-corrected chi connectivity index (χ0v) is 27.3. The third kappa shape index (κ3) is 31.1. The molecule has 0 aromatic rings. The van der Waals surface area contributed by atoms with E-state index in [0.29, 0.717) is 25.0 Å². The summed E-state index contributed by atoms with van der Waals surface area (Å²) in [4.78, 5) is 35.1. The van der Waals surface area contributed by atoms with Gasteiger partial charge < -0.3 is 9.47 Å². The second-order valence-corrected chi connectivity index (χ2v) is 12.1. The first-order valence-electron chi connectivity index (χ1n) is 17.5. The molecule has 5 heteroatoms. The van der Waals surface area contributed by atoms with Gasteiger partial charge in [-0.2, -0.15) is 0 Å². The van der Waals surface area contributed by atoms with Crippen LogP contribution in [-0.2, 0) is 23.9 Å². The predicted molar refractivity (Wildman–Crippen MR) is 172 cm³/mol. The highest BCUT2D eigenvalue weighted by Crippen LogP contribution is 2.15. The van der Waals surface area contributed by atoms with Gasteiger partial charge in [0, 0.05) is 18.4 Å². The minimum atomic E-state index is -0.349. The van der Waals surface area contributed by atoms with E-state index < -0.39 is 0 Å². The third-order valence-corrected chi connectivity index (χ3v) is 7.82. The molecule has 0 bridgehead atoms. The Kier molecular flexibility index (Phi) is 30.0. The summed E-state index contributed by atoms with van der Waals surface area (Å²) in [6.45, 7) is 8.02. The number of carbonyl (C=O) groups excluding carboxylic acids is 3. The molecular weight excluding hydrogens is 512 g/mol. The van der Waals surface area contributed by atoms with Crippen LogP contribution in [-0.4, -0.2) is 24.5 Å². The Morgan fingerprint density at radius 3 is 1.07 bits per heavy atom. The summed E-state index contributed by atoms with van der Waals surface area (Å²) >= 11 is 0. The molecule has 0 N–H and O–H groups in total. The average molecular weight is 579 g/mol. The largest absolute Gasteiger partial charge is 0.462 e. The number of esters is 3. The van der Waals surface area contributed by atoms with Gasteiger partial charge in [-0.1, -0.05) is 161 Å². The smallest absolute Gasteiger partial charge is 0.333 e. The summed E-state index contributed by atoms with van der Waals surface area (Å²) in [6.07, 6.45) is 32.5. The fourth-order valence-corrected chi connectivity index (χ4v) is 5.12. The molecule has 5 nitrogen and oxygen atoms in total. The van der Waals surface area contributed by atoms with E-state index in [1.54, 1.807) is 6.92 Å². The van der Waals surface area contributed by atoms with E-state index in [1.807, 2.05) is 0 Å². The molecule has 0 spiro atoms. The molecule has 0 unspecified atom stereocenters. The van der Waals surface area contributed by atoms with Gasteiger partial charge >= 0.3 is 17.9 Å². The third-order valence-electron chi connectivity index (χ3n) is 7.82. The van der Waals surface area contributed by atoms with Crippen LogP contribution in [0.3, 0.4) is 0 Å². The van der Waals surface area contributed by atoms with Gasteiger partial charge in [-0.15, -0.1) is 0 Å². The monoisotopic (exact) mass is 578 g/mol. The summed E-state index contributed by atoms with van der Waals surface area (Å²) in [7, 11) is 0. The molecule has 0 aromatic carbocycles. The van der Waals surface area contributed by atoms with Crippen molar-refractivity contribution in [2.75, 3.05) is 6.61 Å². The van der Waals surface area contributed by atoms with Crippen LogP contribution in [0.15, 0.2) is 12.2 Å². The molecule has 0 aliphatic carbocycles. The van der Waals surface area contributed by atoms with E-state index >= 15 is 0 Å². The van der Waals surface area contributed by atoms with E-state index in [-0.39, 0.29) is 17.9 Å². The summed E-state index contributed by atoms with van der Waals surface area (Å²) in [5, 5.41) is 0. The molecule has 0 amide bonds. The molecule has 0 rings (SSSR count). The average Bonchev–Trinajstić information content (AvgIpc) is 2.95. The molecular formula is C36H66O5. The van der Waals surface area contributed by atoms with Gasteiger partial charge in [0.2, 0.25) is 0 Å². The minimum absolute atomic E-state index is 0.283. The maximum absolute atomic E-state index is 11.9. The summed E-state index contributed by atoms with van der Waals surface area (Å²) in [5.74, 6) is -0.977. The Morgan fingerprint density at radius 2 is 0.756 bits per heavy atom. The normalized spacial score (nSPS) is 11.0. The lowest BCUT2D eigenvalue weighted by Crippen LogP contribution is -2.11. The van der Waals surface area contributed by atoms with Crippen molar-refractivity contribution in [2.24, 2.45) is 0 Å². The van der Waals surface area contributed by atoms with E-state index in [0.717, 1.165) is 44.9 Å². The second kappa shape index (κ2) is 31.3. The molecule has 0 aliphatic rings. The lowest BCUT2D eigenvalue weighted by Gasteiger charge is -2.05. The summed E-state index contributed by atoms with van der Waals surface area (Å²) < 4.78 is 10.1. The Bertz CT molecular complexity index is 642. The van der Waals surface area contributed by atoms with Crippen molar-refractivity contribution in [3.63, 3.8) is 0 Å². The van der Waals surface area contributed by atoms with Crippen LogP contribution in [0.1, 0.15) is 194 Å². The molecule has 0 radical (unpaired) electrons. The number of ether oxygens (including phenoxy) is 2. The number of hydrogen-bond acceptors (Lipinski definition) is 5. The molecule has 0 atom stereocenters. The van der Waals surface area contributed by atoms with Crippen molar-refractivity contribution >= 4 is 17.9 Å². The first-order valence-corrected chi connectivity index (χ1v) is 17.5. The van der Waals surface area contributed by atoms with E-state index in [1.165, 1.54) is 122 Å². The van der Waals surface area contributed by atoms with Crippen molar-refractivity contribution < 1.29 is 23.9 Å². The highest BCUT2D eigenvalue weighted by Gasteiger charge is 2.10. The van der Waals surface area contributed by atoms with Crippen molar-refractivity contribution in [1.29, 1.82) is 0 Å². The van der Waals surface area contributed by atoms with Gasteiger partial charge in [-0.05, 0) is 26.2 Å². The van der Waals surface area contributed by atoms with Crippen LogP contribution < -0.4 is 0 Å². The van der Waals surface area contributed by atoms with Gasteiger partial charge in [0.15, 0.2) is 0 Å². The van der Waals surface area contributed by atoms with Crippen LogP contribution in [0.2, 0.25) is 0 Å². The molecule has 240 valence electrons. The Hall–Kier alpha value is -1.65. The van der Waals surface area contributed by atoms with E-state index in [2.05, 4.69) is 13.5 Å². The molecule has 0 heterocycles. The van der Waals surface area contributed by atoms with Crippen molar-refractivity contribution in [3.05, 3.63) is 12.2 Å². The van der Waals surface area contributed by atoms with Gasteiger partial charge in [0.1, 0.15) is 0 Å². The highest BCUT2D eigenvalue weighted by atomic mass is 16.6. The number of unbranched alkanes of at least 4 members (excludes halogenated alkanes) is 24. The van der Waals surface area contributed by atoms with E-state index in [4.69, 9.17) is 9.47 Å². The van der Waals surface area contributed by atoms with Crippen molar-refractivity contribution in [2.45, 2.75) is 194 Å². The number of rotatable bonds is 31. The minimum Gasteiger partial charge on any atom is -0.462 e. The standard InChI is InChI=1S/C36H66O5/c1-4-5-6-7-8-9-10-12-15-18-21-24-27-30-34(37)41-35(38)31-28-25-22-19-16-13-11-14-17-20-23-26-29-32-40-36(39)33(2)3/h2,4-32H2,1,3H3. The molecule has 0 saturated heterocycles. The lowest BCUT2D eigenvalue weighted by atomic mass is 10.0. The number of carbonyl (C=O) groups is 3. The first-order chi connectivity index (χ1) is 20.0. The van der Waals surface area contributed by atoms with Crippen LogP contribution in [0.5, 0.6) is 0 Å². The quantitative estimate of drug-likeness (QED) is 0.0354. The zero-order chi connectivity index (χ0) is 30.2. The summed E-state index contributed by atoms with van der Waals surface area (Å²) in [6, 6.07) is 0. The highest BCUT2D eigenvalue weighted by molar-refractivity contribution is 5.87. The zero-order valence-electron chi connectivity index (χ0n) is 27.3. The fourth-order valence-electron chi connectivity index (χ4n) is 5.12. The van der Waals surface area contributed by atoms with Gasteiger partial charge in [0.25, 0.3) is 0 Å². The Balaban J connectivity index is 3.31. The van der Waals surface area contributed by atoms with Gasteiger partial charge in [-0.25, -0.2) is 4.79 Å². The van der Waals surface area contributed by atoms with Crippen molar-refractivity contribution in [1.82, 2.24) is 0 Å². The van der Waals surface area contributed by atoms with Crippen LogP contribution in [0, 0.1) is 0 Å². The second-order valence-electron chi connectivity index (χ2n) is 12.1. The lowest BCUT2D eigenvalue weighted by molar-refractivity contribution is -0.159. The summed E-state index contributed by atoms with van der Waals surface area (Å²) in [5.41, 5.74) is 0.466. The first kappa shape index (κ1) is 39.4. The topological polar surface area (TPSA) is 69.7 Å². The van der Waals surface area contributed by atoms with Crippen LogP contribution in [0.4, 0.5) is 0 Å². The van der Waals surface area contributed by atoms with E-state index in [9.17, 15) is 14.4 Å². The maximum Gasteiger partial charge on any atom is 0.333 e. The molecule has 0 aliphatic heterocycles. The van der Waals surface area contributed by atoms with Gasteiger partial charge in [0.05, 0.1) is 6.61 Å². The Morgan fingerprint density at radius 1 is 0.463 bits per heavy atom. The van der Waals surface area contributed by atoms with Crippen LogP contribution in [0.25, 0.3) is 0 Å². The van der Waals surface area contributed by atoms with Gasteiger partial charge in [-0.3, -0.25) is 9.59 Å². The maximum atomic E-state index is 11.9. The number of hydrogen-bond donors (Lipinski definition) is 0. The van der Waals surface area contributed by atoms with Crippen molar-refractivity contribution in [3.8, 4) is 0 Å². The molecule has 41 heavy (non-hydrogen) atoms. The fraction of sp³-hybridized carbons (Fsp3) is 0.861. The Labute approximate surface area is 254 Å². The molecule has 0 aromatic heterocycles. The van der Waals surface area contributed by atoms with Crippen LogP contribution >= 0.6 is 0 Å². The molecule has 0 fully saturated rings. The SMILES string of the molecule is C=C(C)C(=O)OCCCCCCCCCCCCCCCC(=O)OC(=O)CCCCCCCCCCCCCCC. The molecule has 0 saturated carbocycles.